The number of hydrogen-bond donors (Lipinski definition) is 0. The van der Waals surface area contributed by atoms with Crippen molar-refractivity contribution in [2.45, 2.75) is 26.4 Å². The third-order valence-electron chi connectivity index (χ3n) is 2.14. The molecular weight excluding hydrogens is 184 g/mol. The van der Waals surface area contributed by atoms with E-state index in [1.54, 1.807) is 0 Å². The average molecular weight is 194 g/mol. The van der Waals surface area contributed by atoms with Crippen molar-refractivity contribution in [1.29, 1.82) is 0 Å². The molecule has 0 amide bonds. The van der Waals surface area contributed by atoms with Crippen LogP contribution in [0.25, 0.3) is 0 Å². The van der Waals surface area contributed by atoms with Gasteiger partial charge in [0.25, 0.3) is 0 Å². The molecule has 4 heteroatoms. The Kier molecular flexibility index (Phi) is 2.50. The maximum atomic E-state index is 12.9. The quantitative estimate of drug-likeness (QED) is 0.515. The third-order valence-corrected chi connectivity index (χ3v) is 2.14. The zero-order chi connectivity index (χ0) is 10.2. The van der Waals surface area contributed by atoms with Crippen molar-refractivity contribution in [2.24, 2.45) is 5.92 Å². The molecule has 0 aromatic rings. The summed E-state index contributed by atoms with van der Waals surface area (Å²) in [6.45, 7) is 2.73. The molecule has 0 saturated carbocycles. The van der Waals surface area contributed by atoms with E-state index in [4.69, 9.17) is 0 Å². The fourth-order valence-corrected chi connectivity index (χ4v) is 1.35. The molecule has 0 saturated heterocycles. The van der Waals surface area contributed by atoms with Crippen LogP contribution in [0.15, 0.2) is 23.0 Å². The minimum absolute atomic E-state index is 0.0884. The molecule has 0 fully saturated rings. The van der Waals surface area contributed by atoms with Crippen LogP contribution in [0.1, 0.15) is 20.3 Å². The van der Waals surface area contributed by atoms with Crippen molar-refractivity contribution in [2.75, 3.05) is 0 Å². The molecule has 0 N–H and O–H groups in total. The van der Waals surface area contributed by atoms with Crippen molar-refractivity contribution < 1.29 is 17.6 Å². The van der Waals surface area contributed by atoms with Crippen LogP contribution in [0, 0.1) is 5.92 Å². The Morgan fingerprint density at radius 3 is 2.38 bits per heavy atom. The van der Waals surface area contributed by atoms with Gasteiger partial charge in [0.15, 0.2) is 0 Å². The molecule has 1 aliphatic rings. The molecular formula is C9H10F4. The van der Waals surface area contributed by atoms with Gasteiger partial charge < -0.3 is 0 Å². The summed E-state index contributed by atoms with van der Waals surface area (Å²) in [7, 11) is 0. The monoisotopic (exact) mass is 194 g/mol. The summed E-state index contributed by atoms with van der Waals surface area (Å²) in [5, 5.41) is 0. The van der Waals surface area contributed by atoms with Gasteiger partial charge in [-0.1, -0.05) is 6.92 Å². The highest BCUT2D eigenvalue weighted by Crippen LogP contribution is 2.39. The number of rotatable bonds is 0. The van der Waals surface area contributed by atoms with Gasteiger partial charge in [0.1, 0.15) is 5.83 Å². The van der Waals surface area contributed by atoms with Gasteiger partial charge in [-0.2, -0.15) is 13.2 Å². The van der Waals surface area contributed by atoms with Crippen LogP contribution in [0.4, 0.5) is 17.6 Å². The van der Waals surface area contributed by atoms with Crippen LogP contribution in [-0.4, -0.2) is 6.18 Å². The smallest absolute Gasteiger partial charge is 0.212 e. The van der Waals surface area contributed by atoms with Crippen LogP contribution < -0.4 is 0 Å². The van der Waals surface area contributed by atoms with E-state index in [-0.39, 0.29) is 12.0 Å². The van der Waals surface area contributed by atoms with E-state index in [1.165, 1.54) is 13.8 Å². The van der Waals surface area contributed by atoms with E-state index in [0.29, 0.717) is 0 Å². The highest BCUT2D eigenvalue weighted by Gasteiger charge is 2.38. The van der Waals surface area contributed by atoms with Gasteiger partial charge in [0.05, 0.1) is 0 Å². The highest BCUT2D eigenvalue weighted by atomic mass is 19.4. The van der Waals surface area contributed by atoms with Gasteiger partial charge in [-0.3, -0.25) is 0 Å². The molecule has 0 aliphatic heterocycles. The van der Waals surface area contributed by atoms with Crippen molar-refractivity contribution in [3.63, 3.8) is 0 Å². The molecule has 0 heterocycles. The molecule has 0 aromatic heterocycles. The second kappa shape index (κ2) is 3.16. The Morgan fingerprint density at radius 2 is 1.92 bits per heavy atom. The van der Waals surface area contributed by atoms with E-state index in [2.05, 4.69) is 0 Å². The van der Waals surface area contributed by atoms with Gasteiger partial charge in [0, 0.05) is 12.0 Å². The summed E-state index contributed by atoms with van der Waals surface area (Å²) < 4.78 is 49.7. The molecule has 0 spiro atoms. The number of halogens is 4. The first-order valence-corrected chi connectivity index (χ1v) is 3.96. The first-order valence-electron chi connectivity index (χ1n) is 3.96. The fraction of sp³-hybridized carbons (Fsp3) is 0.556. The van der Waals surface area contributed by atoms with Crippen LogP contribution in [0.3, 0.4) is 0 Å². The van der Waals surface area contributed by atoms with Crippen LogP contribution >= 0.6 is 0 Å². The summed E-state index contributed by atoms with van der Waals surface area (Å²) in [5.74, 6) is -1.22. The molecule has 13 heavy (non-hydrogen) atoms. The number of alkyl halides is 3. The second-order valence-electron chi connectivity index (χ2n) is 3.29. The van der Waals surface area contributed by atoms with Crippen molar-refractivity contribution in [3.8, 4) is 0 Å². The van der Waals surface area contributed by atoms with Crippen molar-refractivity contribution in [1.82, 2.24) is 0 Å². The lowest BCUT2D eigenvalue weighted by Gasteiger charge is -2.22. The van der Waals surface area contributed by atoms with E-state index >= 15 is 0 Å². The Morgan fingerprint density at radius 1 is 1.38 bits per heavy atom. The van der Waals surface area contributed by atoms with Gasteiger partial charge in [0.2, 0.25) is 0 Å². The van der Waals surface area contributed by atoms with E-state index in [0.717, 1.165) is 6.08 Å². The zero-order valence-electron chi connectivity index (χ0n) is 7.37. The Bertz CT molecular complexity index is 270. The van der Waals surface area contributed by atoms with Crippen LogP contribution in [-0.2, 0) is 0 Å². The molecule has 1 unspecified atom stereocenters. The summed E-state index contributed by atoms with van der Waals surface area (Å²) in [5.41, 5.74) is -0.545. The molecule has 0 radical (unpaired) electrons. The molecule has 74 valence electrons. The maximum Gasteiger partial charge on any atom is 0.412 e. The number of hydrogen-bond acceptors (Lipinski definition) is 0. The first kappa shape index (κ1) is 10.3. The minimum Gasteiger partial charge on any atom is -0.212 e. The highest BCUT2D eigenvalue weighted by molar-refractivity contribution is 5.33. The predicted molar refractivity (Wildman–Crippen MR) is 41.7 cm³/mol. The Hall–Kier alpha value is -0.800. The van der Waals surface area contributed by atoms with Gasteiger partial charge in [-0.05, 0) is 24.5 Å². The van der Waals surface area contributed by atoms with E-state index in [9.17, 15) is 17.6 Å². The molecule has 0 aromatic carbocycles. The summed E-state index contributed by atoms with van der Waals surface area (Å²) in [6, 6.07) is 0. The zero-order valence-corrected chi connectivity index (χ0v) is 7.37. The van der Waals surface area contributed by atoms with Gasteiger partial charge in [-0.25, -0.2) is 4.39 Å². The maximum absolute atomic E-state index is 12.9. The Labute approximate surface area is 73.9 Å². The lowest BCUT2D eigenvalue weighted by atomic mass is 9.89. The Balaban J connectivity index is 3.04. The molecule has 1 aliphatic carbocycles. The first-order chi connectivity index (χ1) is 5.82. The molecule has 1 atom stereocenters. The fourth-order valence-electron chi connectivity index (χ4n) is 1.35. The summed E-state index contributed by atoms with van der Waals surface area (Å²) >= 11 is 0. The van der Waals surface area contributed by atoms with Crippen LogP contribution in [0.2, 0.25) is 0 Å². The third kappa shape index (κ3) is 2.11. The topological polar surface area (TPSA) is 0 Å². The van der Waals surface area contributed by atoms with Gasteiger partial charge >= 0.3 is 6.18 Å². The molecule has 0 nitrogen and oxygen atoms in total. The number of allylic oxidation sites excluding steroid dienone is 4. The van der Waals surface area contributed by atoms with E-state index < -0.39 is 23.5 Å². The predicted octanol–water partition coefficient (Wildman–Crippen LogP) is 3.76. The largest absolute Gasteiger partial charge is 0.412 e. The second-order valence-corrected chi connectivity index (χ2v) is 3.29. The van der Waals surface area contributed by atoms with Crippen molar-refractivity contribution >= 4 is 0 Å². The SMILES string of the molecule is CC1=C(F)CC(C)C(C(F)(F)F)=C1. The minimum atomic E-state index is -4.33. The average Bonchev–Trinajstić information content (AvgIpc) is 1.94. The standard InChI is InChI=1S/C9H10F4/c1-5-4-8(10)6(2)3-7(5)9(11,12)13/h3,5H,4H2,1-2H3. The summed E-state index contributed by atoms with van der Waals surface area (Å²) in [6.07, 6.45) is -3.58. The van der Waals surface area contributed by atoms with E-state index in [1.807, 2.05) is 0 Å². The normalized spacial score (nSPS) is 24.8. The van der Waals surface area contributed by atoms with Gasteiger partial charge in [-0.15, -0.1) is 0 Å². The van der Waals surface area contributed by atoms with Crippen LogP contribution in [0.5, 0.6) is 0 Å². The van der Waals surface area contributed by atoms with Crippen molar-refractivity contribution in [3.05, 3.63) is 23.0 Å². The molecule has 0 bridgehead atoms. The lowest BCUT2D eigenvalue weighted by molar-refractivity contribution is -0.0988. The molecule has 1 rings (SSSR count). The lowest BCUT2D eigenvalue weighted by Crippen LogP contribution is -2.20. The summed E-state index contributed by atoms with van der Waals surface area (Å²) in [4.78, 5) is 0.